The van der Waals surface area contributed by atoms with Crippen molar-refractivity contribution in [2.45, 2.75) is 32.0 Å². The molecule has 0 bridgehead atoms. The van der Waals surface area contributed by atoms with Gasteiger partial charge >= 0.3 is 0 Å². The summed E-state index contributed by atoms with van der Waals surface area (Å²) in [6, 6.07) is 24.8. The van der Waals surface area contributed by atoms with Crippen LogP contribution in [0.1, 0.15) is 24.2 Å². The van der Waals surface area contributed by atoms with Crippen LogP contribution in [0, 0.1) is 0 Å². The number of halogens is 2. The summed E-state index contributed by atoms with van der Waals surface area (Å²) in [5.74, 6) is 0.655. The van der Waals surface area contributed by atoms with E-state index in [1.54, 1.807) is 4.52 Å². The number of benzene rings is 3. The summed E-state index contributed by atoms with van der Waals surface area (Å²) in [5.41, 5.74) is 7.47. The van der Waals surface area contributed by atoms with Crippen LogP contribution in [0.25, 0.3) is 39.0 Å². The Morgan fingerprint density at radius 3 is 2.24 bits per heavy atom. The molecule has 1 saturated heterocycles. The summed E-state index contributed by atoms with van der Waals surface area (Å²) >= 11 is 14.1. The molecule has 5 aromatic rings. The van der Waals surface area contributed by atoms with E-state index in [2.05, 4.69) is 44.6 Å². The van der Waals surface area contributed by atoms with Gasteiger partial charge in [-0.3, -0.25) is 4.90 Å². The predicted molar refractivity (Wildman–Crippen MR) is 169 cm³/mol. The van der Waals surface area contributed by atoms with Crippen LogP contribution in [0.3, 0.4) is 0 Å². The van der Waals surface area contributed by atoms with Gasteiger partial charge in [0.2, 0.25) is 0 Å². The molecule has 9 heteroatoms. The normalized spacial score (nSPS) is 15.6. The highest BCUT2D eigenvalue weighted by Gasteiger charge is 2.23. The molecule has 1 atom stereocenters. The van der Waals surface area contributed by atoms with Gasteiger partial charge in [-0.1, -0.05) is 83.9 Å². The average Bonchev–Trinajstić information content (AvgIpc) is 3.64. The second-order valence-corrected chi connectivity index (χ2v) is 11.4. The molecule has 216 valence electrons. The Kier molecular flexibility index (Phi) is 8.86. The maximum Gasteiger partial charge on any atom is 0.165 e. The molecule has 2 aromatic heterocycles. The fourth-order valence-corrected chi connectivity index (χ4v) is 6.38. The number of hydrogen-bond donors (Lipinski definition) is 3. The molecule has 0 saturated carbocycles. The van der Waals surface area contributed by atoms with E-state index in [9.17, 15) is 5.11 Å². The lowest BCUT2D eigenvalue weighted by Gasteiger charge is -2.22. The SMILES string of the molecule is OCCNCc1nc2cc(-c3cccc(-c4cccc(-c5ccc(CN6CCC[C@H]6CO)cc5)c4Cl)c3Cl)ccn2n1. The molecule has 1 aliphatic rings. The van der Waals surface area contributed by atoms with Gasteiger partial charge in [-0.2, -0.15) is 0 Å². The number of aromatic nitrogens is 3. The minimum absolute atomic E-state index is 0.0664. The van der Waals surface area contributed by atoms with Crippen LogP contribution in [0.5, 0.6) is 0 Å². The number of nitrogens with one attached hydrogen (secondary N) is 1. The standard InChI is InChI=1S/C33H33Cl2N5O2/c34-32-26(23-11-9-22(10-12-23)20-39-15-3-4-25(39)21-42)5-1-7-28(32)29-8-2-6-27(33(29)35)24-13-16-40-31(18-24)37-30(38-40)19-36-14-17-41/h1-2,5-13,16,18,25,36,41-42H,3-4,14-15,17,19-21H2/t25-/m0/s1. The summed E-state index contributed by atoms with van der Waals surface area (Å²) < 4.78 is 1.74. The summed E-state index contributed by atoms with van der Waals surface area (Å²) in [4.78, 5) is 6.97. The quantitative estimate of drug-likeness (QED) is 0.168. The second-order valence-electron chi connectivity index (χ2n) is 10.6. The van der Waals surface area contributed by atoms with Crippen LogP contribution in [0.4, 0.5) is 0 Å². The van der Waals surface area contributed by atoms with E-state index in [-0.39, 0.29) is 19.3 Å². The third-order valence-corrected chi connectivity index (χ3v) is 8.73. The highest BCUT2D eigenvalue weighted by atomic mass is 35.5. The third-order valence-electron chi connectivity index (χ3n) is 7.91. The predicted octanol–water partition coefficient (Wildman–Crippen LogP) is 6.08. The maximum absolute atomic E-state index is 9.65. The molecule has 6 rings (SSSR count). The molecule has 0 radical (unpaired) electrons. The van der Waals surface area contributed by atoms with Crippen LogP contribution in [-0.2, 0) is 13.1 Å². The highest BCUT2D eigenvalue weighted by Crippen LogP contribution is 2.42. The summed E-state index contributed by atoms with van der Waals surface area (Å²) in [7, 11) is 0. The molecule has 3 heterocycles. The van der Waals surface area contributed by atoms with E-state index >= 15 is 0 Å². The van der Waals surface area contributed by atoms with Crippen molar-refractivity contribution in [1.82, 2.24) is 24.8 Å². The zero-order valence-corrected chi connectivity index (χ0v) is 24.7. The van der Waals surface area contributed by atoms with Gasteiger partial charge in [-0.25, -0.2) is 9.50 Å². The number of hydrogen-bond acceptors (Lipinski definition) is 6. The zero-order valence-electron chi connectivity index (χ0n) is 23.2. The van der Waals surface area contributed by atoms with Crippen LogP contribution < -0.4 is 5.32 Å². The molecule has 0 unspecified atom stereocenters. The van der Waals surface area contributed by atoms with Crippen molar-refractivity contribution in [3.63, 3.8) is 0 Å². The molecule has 0 aliphatic carbocycles. The molecule has 1 fully saturated rings. The molecule has 7 nitrogen and oxygen atoms in total. The first-order valence-corrected chi connectivity index (χ1v) is 15.0. The van der Waals surface area contributed by atoms with Gasteiger partial charge in [0.05, 0.1) is 29.8 Å². The fourth-order valence-electron chi connectivity index (χ4n) is 5.71. The van der Waals surface area contributed by atoms with Gasteiger partial charge < -0.3 is 15.5 Å². The summed E-state index contributed by atoms with van der Waals surface area (Å²) in [6.07, 6.45) is 4.07. The summed E-state index contributed by atoms with van der Waals surface area (Å²) in [6.45, 7) is 3.11. The fraction of sp³-hybridized carbons (Fsp3) is 0.273. The smallest absolute Gasteiger partial charge is 0.165 e. The topological polar surface area (TPSA) is 85.9 Å². The van der Waals surface area contributed by atoms with E-state index in [1.165, 1.54) is 5.56 Å². The van der Waals surface area contributed by atoms with Crippen molar-refractivity contribution < 1.29 is 10.2 Å². The van der Waals surface area contributed by atoms with E-state index in [1.807, 2.05) is 54.7 Å². The number of fused-ring (bicyclic) bond motifs is 1. The van der Waals surface area contributed by atoms with Crippen LogP contribution >= 0.6 is 23.2 Å². The number of likely N-dealkylation sites (tertiary alicyclic amines) is 1. The minimum atomic E-state index is 0.0664. The molecule has 0 spiro atoms. The van der Waals surface area contributed by atoms with E-state index in [0.717, 1.165) is 65.0 Å². The van der Waals surface area contributed by atoms with Gasteiger partial charge in [0.25, 0.3) is 0 Å². The third kappa shape index (κ3) is 5.95. The number of pyridine rings is 1. The number of nitrogens with zero attached hydrogens (tertiary/aromatic N) is 4. The lowest BCUT2D eigenvalue weighted by Crippen LogP contribution is -2.31. The zero-order chi connectivity index (χ0) is 29.1. The molecule has 3 aromatic carbocycles. The van der Waals surface area contributed by atoms with Gasteiger partial charge in [0.1, 0.15) is 0 Å². The molecule has 0 amide bonds. The van der Waals surface area contributed by atoms with Crippen LogP contribution in [-0.4, -0.2) is 62.1 Å². The van der Waals surface area contributed by atoms with Crippen molar-refractivity contribution in [2.24, 2.45) is 0 Å². The first-order chi connectivity index (χ1) is 20.6. The molecule has 1 aliphatic heterocycles. The molecule has 3 N–H and O–H groups in total. The molecule has 42 heavy (non-hydrogen) atoms. The number of aliphatic hydroxyl groups is 2. The van der Waals surface area contributed by atoms with Crippen molar-refractivity contribution in [3.8, 4) is 33.4 Å². The van der Waals surface area contributed by atoms with Gasteiger partial charge in [0, 0.05) is 47.6 Å². The monoisotopic (exact) mass is 601 g/mol. The van der Waals surface area contributed by atoms with Crippen molar-refractivity contribution in [1.29, 1.82) is 0 Å². The molecular weight excluding hydrogens is 569 g/mol. The Morgan fingerprint density at radius 2 is 1.55 bits per heavy atom. The lowest BCUT2D eigenvalue weighted by atomic mass is 9.95. The molecular formula is C33H33Cl2N5O2. The summed E-state index contributed by atoms with van der Waals surface area (Å²) in [5, 5.41) is 27.5. The number of aliphatic hydroxyl groups excluding tert-OH is 2. The number of rotatable bonds is 10. The average molecular weight is 603 g/mol. The van der Waals surface area contributed by atoms with E-state index < -0.39 is 0 Å². The first kappa shape index (κ1) is 28.8. The Morgan fingerprint density at radius 1 is 0.857 bits per heavy atom. The van der Waals surface area contributed by atoms with Gasteiger partial charge in [0.15, 0.2) is 11.5 Å². The second kappa shape index (κ2) is 12.9. The van der Waals surface area contributed by atoms with Crippen LogP contribution in [0.2, 0.25) is 10.0 Å². The Balaban J connectivity index is 1.27. The Hall–Kier alpha value is -3.30. The minimum Gasteiger partial charge on any atom is -0.395 e. The highest BCUT2D eigenvalue weighted by molar-refractivity contribution is 6.39. The first-order valence-electron chi connectivity index (χ1n) is 14.2. The van der Waals surface area contributed by atoms with Crippen molar-refractivity contribution >= 4 is 28.8 Å². The largest absolute Gasteiger partial charge is 0.395 e. The van der Waals surface area contributed by atoms with Gasteiger partial charge in [-0.05, 0) is 48.2 Å². The lowest BCUT2D eigenvalue weighted by molar-refractivity contribution is 0.153. The van der Waals surface area contributed by atoms with Crippen LogP contribution in [0.15, 0.2) is 79.0 Å². The van der Waals surface area contributed by atoms with Crippen molar-refractivity contribution in [2.75, 3.05) is 26.3 Å². The Bertz CT molecular complexity index is 1690. The van der Waals surface area contributed by atoms with E-state index in [4.69, 9.17) is 28.3 Å². The van der Waals surface area contributed by atoms with Crippen molar-refractivity contribution in [3.05, 3.63) is 100 Å². The van der Waals surface area contributed by atoms with Gasteiger partial charge in [-0.15, -0.1) is 5.10 Å². The Labute approximate surface area is 255 Å². The maximum atomic E-state index is 9.65. The van der Waals surface area contributed by atoms with E-state index in [0.29, 0.717) is 29.0 Å².